The zero-order chi connectivity index (χ0) is 12.1. The summed E-state index contributed by atoms with van der Waals surface area (Å²) >= 11 is 0. The maximum atomic E-state index is 8.70. The second-order valence-corrected chi connectivity index (χ2v) is 4.42. The fourth-order valence-electron chi connectivity index (χ4n) is 2.19. The Morgan fingerprint density at radius 3 is 2.71 bits per heavy atom. The van der Waals surface area contributed by atoms with Gasteiger partial charge in [-0.15, -0.1) is 0 Å². The van der Waals surface area contributed by atoms with E-state index >= 15 is 0 Å². The Morgan fingerprint density at radius 2 is 2.12 bits per heavy atom. The van der Waals surface area contributed by atoms with E-state index in [1.807, 2.05) is 24.4 Å². The van der Waals surface area contributed by atoms with Gasteiger partial charge in [0.25, 0.3) is 0 Å². The van der Waals surface area contributed by atoms with Crippen LogP contribution in [-0.4, -0.2) is 42.1 Å². The van der Waals surface area contributed by atoms with Crippen molar-refractivity contribution in [2.75, 3.05) is 31.1 Å². The average Bonchev–Trinajstić information content (AvgIpc) is 2.40. The van der Waals surface area contributed by atoms with Gasteiger partial charge in [-0.25, -0.2) is 4.98 Å². The minimum Gasteiger partial charge on any atom is -0.354 e. The van der Waals surface area contributed by atoms with Crippen LogP contribution in [0.4, 0.5) is 5.82 Å². The number of nitrogens with zero attached hydrogens (tertiary/aromatic N) is 4. The fraction of sp³-hybridized carbons (Fsp3) is 0.538. The van der Waals surface area contributed by atoms with Crippen molar-refractivity contribution in [1.82, 2.24) is 9.88 Å². The van der Waals surface area contributed by atoms with Crippen LogP contribution in [0.2, 0.25) is 0 Å². The van der Waals surface area contributed by atoms with Crippen LogP contribution in [0.15, 0.2) is 24.4 Å². The van der Waals surface area contributed by atoms with Gasteiger partial charge in [-0.2, -0.15) is 5.26 Å². The van der Waals surface area contributed by atoms with Gasteiger partial charge >= 0.3 is 0 Å². The Morgan fingerprint density at radius 1 is 1.35 bits per heavy atom. The molecule has 1 unspecified atom stereocenters. The smallest absolute Gasteiger partial charge is 0.128 e. The van der Waals surface area contributed by atoms with Crippen molar-refractivity contribution < 1.29 is 0 Å². The second kappa shape index (κ2) is 5.65. The van der Waals surface area contributed by atoms with E-state index in [9.17, 15) is 0 Å². The standard InChI is InChI=1S/C13H18N4/c1-12(5-6-14)16-8-10-17(11-9-16)13-4-2-3-7-15-13/h2-4,7,12H,5,8-11H2,1H3. The molecule has 2 heterocycles. The van der Waals surface area contributed by atoms with E-state index in [0.717, 1.165) is 32.0 Å². The van der Waals surface area contributed by atoms with Gasteiger partial charge in [-0.05, 0) is 19.1 Å². The third kappa shape index (κ3) is 2.95. The summed E-state index contributed by atoms with van der Waals surface area (Å²) in [4.78, 5) is 9.04. The largest absolute Gasteiger partial charge is 0.354 e. The molecule has 90 valence electrons. The van der Waals surface area contributed by atoms with Crippen LogP contribution >= 0.6 is 0 Å². The van der Waals surface area contributed by atoms with Gasteiger partial charge in [0.05, 0.1) is 12.5 Å². The minimum atomic E-state index is 0.367. The first kappa shape index (κ1) is 11.9. The topological polar surface area (TPSA) is 43.2 Å². The van der Waals surface area contributed by atoms with E-state index < -0.39 is 0 Å². The van der Waals surface area contributed by atoms with Crippen molar-refractivity contribution in [1.29, 1.82) is 5.26 Å². The molecule has 1 aromatic heterocycles. The quantitative estimate of drug-likeness (QED) is 0.789. The number of rotatable bonds is 3. The van der Waals surface area contributed by atoms with E-state index in [1.165, 1.54) is 0 Å². The van der Waals surface area contributed by atoms with Crippen molar-refractivity contribution >= 4 is 5.82 Å². The normalized spacial score (nSPS) is 18.7. The lowest BCUT2D eigenvalue weighted by Crippen LogP contribution is -2.49. The molecule has 0 spiro atoms. The summed E-state index contributed by atoms with van der Waals surface area (Å²) in [6, 6.07) is 8.62. The maximum Gasteiger partial charge on any atom is 0.128 e. The van der Waals surface area contributed by atoms with Gasteiger partial charge in [-0.1, -0.05) is 6.07 Å². The number of pyridine rings is 1. The molecule has 4 nitrogen and oxygen atoms in total. The highest BCUT2D eigenvalue weighted by atomic mass is 15.3. The average molecular weight is 230 g/mol. The van der Waals surface area contributed by atoms with Crippen molar-refractivity contribution in [2.24, 2.45) is 0 Å². The highest BCUT2D eigenvalue weighted by Crippen LogP contribution is 2.14. The lowest BCUT2D eigenvalue weighted by molar-refractivity contribution is 0.199. The van der Waals surface area contributed by atoms with E-state index in [2.05, 4.69) is 27.8 Å². The van der Waals surface area contributed by atoms with Crippen LogP contribution in [0, 0.1) is 11.3 Å². The molecule has 2 rings (SSSR count). The van der Waals surface area contributed by atoms with Crippen LogP contribution in [0.3, 0.4) is 0 Å². The van der Waals surface area contributed by atoms with Crippen molar-refractivity contribution in [3.8, 4) is 6.07 Å². The Labute approximate surface area is 102 Å². The SMILES string of the molecule is CC(CC#N)N1CCN(c2ccccn2)CC1. The van der Waals surface area contributed by atoms with Crippen LogP contribution in [0.1, 0.15) is 13.3 Å². The zero-order valence-electron chi connectivity index (χ0n) is 10.2. The lowest BCUT2D eigenvalue weighted by Gasteiger charge is -2.37. The molecule has 17 heavy (non-hydrogen) atoms. The number of piperazine rings is 1. The predicted molar refractivity (Wildman–Crippen MR) is 67.7 cm³/mol. The Hall–Kier alpha value is -1.60. The third-order valence-electron chi connectivity index (χ3n) is 3.30. The predicted octanol–water partition coefficient (Wildman–Crippen LogP) is 1.51. The van der Waals surface area contributed by atoms with Crippen LogP contribution in [-0.2, 0) is 0 Å². The zero-order valence-corrected chi connectivity index (χ0v) is 10.2. The molecular weight excluding hydrogens is 212 g/mol. The number of hydrogen-bond donors (Lipinski definition) is 0. The second-order valence-electron chi connectivity index (χ2n) is 4.42. The molecule has 1 saturated heterocycles. The molecule has 0 N–H and O–H groups in total. The Balaban J connectivity index is 1.89. The van der Waals surface area contributed by atoms with Gasteiger partial charge < -0.3 is 4.90 Å². The minimum absolute atomic E-state index is 0.367. The highest BCUT2D eigenvalue weighted by molar-refractivity contribution is 5.38. The van der Waals surface area contributed by atoms with Gasteiger partial charge in [0.2, 0.25) is 0 Å². The van der Waals surface area contributed by atoms with Gasteiger partial charge in [0, 0.05) is 38.4 Å². The maximum absolute atomic E-state index is 8.70. The molecule has 0 aromatic carbocycles. The summed E-state index contributed by atoms with van der Waals surface area (Å²) < 4.78 is 0. The first-order chi connectivity index (χ1) is 8.31. The van der Waals surface area contributed by atoms with Crippen LogP contribution < -0.4 is 4.90 Å². The summed E-state index contributed by atoms with van der Waals surface area (Å²) in [6.45, 7) is 6.14. The first-order valence-corrected chi connectivity index (χ1v) is 6.08. The summed E-state index contributed by atoms with van der Waals surface area (Å²) in [7, 11) is 0. The molecule has 1 aliphatic rings. The monoisotopic (exact) mass is 230 g/mol. The Kier molecular flexibility index (Phi) is 3.94. The number of anilines is 1. The van der Waals surface area contributed by atoms with Gasteiger partial charge in [0.15, 0.2) is 0 Å². The summed E-state index contributed by atoms with van der Waals surface area (Å²) in [6.07, 6.45) is 2.45. The lowest BCUT2D eigenvalue weighted by atomic mass is 10.2. The molecule has 1 fully saturated rings. The van der Waals surface area contributed by atoms with Gasteiger partial charge in [-0.3, -0.25) is 4.90 Å². The van der Waals surface area contributed by atoms with Crippen molar-refractivity contribution in [2.45, 2.75) is 19.4 Å². The van der Waals surface area contributed by atoms with Crippen LogP contribution in [0.25, 0.3) is 0 Å². The molecule has 0 amide bonds. The van der Waals surface area contributed by atoms with E-state index in [-0.39, 0.29) is 0 Å². The number of aromatic nitrogens is 1. The first-order valence-electron chi connectivity index (χ1n) is 6.08. The van der Waals surface area contributed by atoms with Crippen molar-refractivity contribution in [3.63, 3.8) is 0 Å². The highest BCUT2D eigenvalue weighted by Gasteiger charge is 2.21. The molecule has 0 radical (unpaired) electrons. The summed E-state index contributed by atoms with van der Waals surface area (Å²) in [5, 5.41) is 8.70. The fourth-order valence-corrected chi connectivity index (χ4v) is 2.19. The number of nitriles is 1. The van der Waals surface area contributed by atoms with E-state index in [1.54, 1.807) is 0 Å². The molecule has 1 aromatic rings. The molecule has 0 aliphatic carbocycles. The molecular formula is C13H18N4. The van der Waals surface area contributed by atoms with Crippen LogP contribution in [0.5, 0.6) is 0 Å². The Bertz CT molecular complexity index is 376. The third-order valence-corrected chi connectivity index (χ3v) is 3.30. The van der Waals surface area contributed by atoms with E-state index in [0.29, 0.717) is 12.5 Å². The van der Waals surface area contributed by atoms with E-state index in [4.69, 9.17) is 5.26 Å². The molecule has 1 aliphatic heterocycles. The molecule has 4 heteroatoms. The molecule has 0 saturated carbocycles. The summed E-state index contributed by atoms with van der Waals surface area (Å²) in [5.74, 6) is 1.06. The molecule has 0 bridgehead atoms. The van der Waals surface area contributed by atoms with Crippen molar-refractivity contribution in [3.05, 3.63) is 24.4 Å². The molecule has 1 atom stereocenters. The van der Waals surface area contributed by atoms with Gasteiger partial charge in [0.1, 0.15) is 5.82 Å². The summed E-state index contributed by atoms with van der Waals surface area (Å²) in [5.41, 5.74) is 0. The number of hydrogen-bond acceptors (Lipinski definition) is 4.